The van der Waals surface area contributed by atoms with Crippen molar-refractivity contribution in [1.82, 2.24) is 5.32 Å². The minimum Gasteiger partial charge on any atom is -0.385 e. The van der Waals surface area contributed by atoms with Gasteiger partial charge in [0.2, 0.25) is 0 Å². The van der Waals surface area contributed by atoms with Crippen LogP contribution in [0.25, 0.3) is 0 Å². The minimum absolute atomic E-state index is 0.0795. The van der Waals surface area contributed by atoms with Gasteiger partial charge in [0.15, 0.2) is 0 Å². The maximum Gasteiger partial charge on any atom is 0.126 e. The number of ether oxygens (including phenoxy) is 1. The van der Waals surface area contributed by atoms with Crippen LogP contribution in [0.1, 0.15) is 38.8 Å². The van der Waals surface area contributed by atoms with Gasteiger partial charge < -0.3 is 10.1 Å². The molecule has 0 aliphatic rings. The Bertz CT molecular complexity index is 387. The predicted octanol–water partition coefficient (Wildman–Crippen LogP) is 3.68. The smallest absolute Gasteiger partial charge is 0.126 e. The highest BCUT2D eigenvalue weighted by atomic mass is 19.1. The molecule has 1 N–H and O–H groups in total. The molecule has 108 valence electrons. The van der Waals surface area contributed by atoms with Crippen molar-refractivity contribution >= 4 is 0 Å². The molecule has 0 aromatic heterocycles. The van der Waals surface area contributed by atoms with E-state index in [0.717, 1.165) is 19.0 Å². The van der Waals surface area contributed by atoms with Gasteiger partial charge >= 0.3 is 0 Å². The average molecular weight is 271 g/mol. The summed E-state index contributed by atoms with van der Waals surface area (Å²) in [6.45, 7) is 7.64. The van der Waals surface area contributed by atoms with Crippen molar-refractivity contribution in [3.05, 3.63) is 35.4 Å². The molecule has 0 saturated carbocycles. The van der Waals surface area contributed by atoms with Crippen LogP contribution in [0.3, 0.4) is 0 Å². The van der Waals surface area contributed by atoms with Crippen LogP contribution >= 0.6 is 0 Å². The fourth-order valence-corrected chi connectivity index (χ4v) is 1.84. The first-order valence-electron chi connectivity index (χ1n) is 6.52. The molecular weight excluding hydrogens is 248 g/mol. The third kappa shape index (κ3) is 5.66. The summed E-state index contributed by atoms with van der Waals surface area (Å²) in [6.07, 6.45) is 0.931. The highest BCUT2D eigenvalue weighted by molar-refractivity contribution is 5.20. The van der Waals surface area contributed by atoms with Crippen molar-refractivity contribution in [2.75, 3.05) is 20.3 Å². The quantitative estimate of drug-likeness (QED) is 0.817. The molecular formula is C15H23F2NO. The Morgan fingerprint density at radius 2 is 1.79 bits per heavy atom. The van der Waals surface area contributed by atoms with Crippen LogP contribution in [0.4, 0.5) is 8.78 Å². The average Bonchev–Trinajstić information content (AvgIpc) is 2.32. The van der Waals surface area contributed by atoms with Gasteiger partial charge in [-0.3, -0.25) is 0 Å². The lowest BCUT2D eigenvalue weighted by atomic mass is 9.89. The maximum absolute atomic E-state index is 13.1. The van der Waals surface area contributed by atoms with Crippen molar-refractivity contribution in [3.63, 3.8) is 0 Å². The molecule has 1 unspecified atom stereocenters. The lowest BCUT2D eigenvalue weighted by Crippen LogP contribution is -2.32. The molecule has 4 heteroatoms. The van der Waals surface area contributed by atoms with Gasteiger partial charge in [-0.25, -0.2) is 8.78 Å². The number of benzene rings is 1. The number of halogens is 2. The van der Waals surface area contributed by atoms with E-state index in [1.165, 1.54) is 12.1 Å². The van der Waals surface area contributed by atoms with Crippen molar-refractivity contribution in [1.29, 1.82) is 0 Å². The molecule has 1 aromatic rings. The molecule has 19 heavy (non-hydrogen) atoms. The zero-order valence-corrected chi connectivity index (χ0v) is 12.1. The van der Waals surface area contributed by atoms with Gasteiger partial charge in [-0.05, 0) is 36.5 Å². The zero-order valence-electron chi connectivity index (χ0n) is 12.1. The minimum atomic E-state index is -0.540. The fraction of sp³-hybridized carbons (Fsp3) is 0.600. The van der Waals surface area contributed by atoms with E-state index in [9.17, 15) is 8.78 Å². The molecule has 0 saturated heterocycles. The van der Waals surface area contributed by atoms with Crippen LogP contribution < -0.4 is 5.32 Å². The van der Waals surface area contributed by atoms with Crippen molar-refractivity contribution in [3.8, 4) is 0 Å². The number of hydrogen-bond acceptors (Lipinski definition) is 2. The van der Waals surface area contributed by atoms with Gasteiger partial charge in [-0.15, -0.1) is 0 Å². The molecule has 1 aromatic carbocycles. The van der Waals surface area contributed by atoms with Crippen LogP contribution in [-0.4, -0.2) is 20.3 Å². The normalized spacial score (nSPS) is 13.6. The second kappa shape index (κ2) is 6.96. The number of methoxy groups -OCH3 is 1. The summed E-state index contributed by atoms with van der Waals surface area (Å²) in [5.41, 5.74) is 0.705. The van der Waals surface area contributed by atoms with E-state index in [2.05, 4.69) is 19.2 Å². The number of nitrogens with one attached hydrogen (secondary N) is 1. The van der Waals surface area contributed by atoms with Gasteiger partial charge in [0.05, 0.1) is 0 Å². The topological polar surface area (TPSA) is 21.3 Å². The first-order valence-corrected chi connectivity index (χ1v) is 6.52. The molecule has 1 rings (SSSR count). The fourth-order valence-electron chi connectivity index (χ4n) is 1.84. The van der Waals surface area contributed by atoms with Gasteiger partial charge in [-0.2, -0.15) is 0 Å². The highest BCUT2D eigenvalue weighted by Crippen LogP contribution is 2.22. The first-order chi connectivity index (χ1) is 8.84. The number of hydrogen-bond donors (Lipinski definition) is 1. The second-order valence-corrected chi connectivity index (χ2v) is 5.71. The predicted molar refractivity (Wildman–Crippen MR) is 73.0 cm³/mol. The van der Waals surface area contributed by atoms with E-state index in [1.807, 2.05) is 6.92 Å². The Morgan fingerprint density at radius 3 is 2.32 bits per heavy atom. The third-order valence-corrected chi connectivity index (χ3v) is 3.25. The van der Waals surface area contributed by atoms with Crippen LogP contribution in [0.15, 0.2) is 18.2 Å². The van der Waals surface area contributed by atoms with Gasteiger partial charge in [0, 0.05) is 32.4 Å². The third-order valence-electron chi connectivity index (χ3n) is 3.25. The van der Waals surface area contributed by atoms with Crippen molar-refractivity contribution in [2.24, 2.45) is 5.41 Å². The maximum atomic E-state index is 13.1. The highest BCUT2D eigenvalue weighted by Gasteiger charge is 2.19. The van der Waals surface area contributed by atoms with Crippen LogP contribution in [0.5, 0.6) is 0 Å². The molecule has 1 atom stereocenters. The summed E-state index contributed by atoms with van der Waals surface area (Å²) < 4.78 is 31.4. The SMILES string of the molecule is COCCC(C)(C)CNC(C)c1cc(F)cc(F)c1. The molecule has 0 radical (unpaired) electrons. The molecule has 0 aliphatic carbocycles. The largest absolute Gasteiger partial charge is 0.385 e. The summed E-state index contributed by atoms with van der Waals surface area (Å²) in [6, 6.07) is 3.52. The second-order valence-electron chi connectivity index (χ2n) is 5.71. The molecule has 2 nitrogen and oxygen atoms in total. The zero-order chi connectivity index (χ0) is 14.5. The van der Waals surface area contributed by atoms with E-state index in [1.54, 1.807) is 7.11 Å². The van der Waals surface area contributed by atoms with E-state index < -0.39 is 11.6 Å². The van der Waals surface area contributed by atoms with E-state index >= 15 is 0 Å². The summed E-state index contributed by atoms with van der Waals surface area (Å²) >= 11 is 0. The van der Waals surface area contributed by atoms with Crippen molar-refractivity contribution in [2.45, 2.75) is 33.2 Å². The standard InChI is InChI=1S/C15H23F2NO/c1-11(12-7-13(16)9-14(17)8-12)18-10-15(2,3)5-6-19-4/h7-9,11,18H,5-6,10H2,1-4H3. The molecule has 0 bridgehead atoms. The monoisotopic (exact) mass is 271 g/mol. The molecule has 0 fully saturated rings. The Kier molecular flexibility index (Phi) is 5.88. The van der Waals surface area contributed by atoms with E-state index in [0.29, 0.717) is 12.2 Å². The molecule has 0 heterocycles. The summed E-state index contributed by atoms with van der Waals surface area (Å²) in [5, 5.41) is 3.31. The van der Waals surface area contributed by atoms with Gasteiger partial charge in [-0.1, -0.05) is 13.8 Å². The van der Waals surface area contributed by atoms with E-state index in [4.69, 9.17) is 4.74 Å². The first kappa shape index (κ1) is 16.1. The number of rotatable bonds is 7. The molecule has 0 aliphatic heterocycles. The Hall–Kier alpha value is -1.00. The van der Waals surface area contributed by atoms with Crippen LogP contribution in [0, 0.1) is 17.0 Å². The molecule has 0 spiro atoms. The summed E-state index contributed by atoms with van der Waals surface area (Å²) in [7, 11) is 1.68. The van der Waals surface area contributed by atoms with E-state index in [-0.39, 0.29) is 11.5 Å². The van der Waals surface area contributed by atoms with Crippen molar-refractivity contribution < 1.29 is 13.5 Å². The lowest BCUT2D eigenvalue weighted by Gasteiger charge is -2.27. The lowest BCUT2D eigenvalue weighted by molar-refractivity contribution is 0.149. The Balaban J connectivity index is 2.57. The summed E-state index contributed by atoms with van der Waals surface area (Å²) in [5.74, 6) is -1.08. The van der Waals surface area contributed by atoms with Crippen LogP contribution in [0.2, 0.25) is 0 Å². The summed E-state index contributed by atoms with van der Waals surface area (Å²) in [4.78, 5) is 0. The van der Waals surface area contributed by atoms with Gasteiger partial charge in [0.25, 0.3) is 0 Å². The Morgan fingerprint density at radius 1 is 1.21 bits per heavy atom. The van der Waals surface area contributed by atoms with Crippen LogP contribution in [-0.2, 0) is 4.74 Å². The molecule has 0 amide bonds. The Labute approximate surface area is 114 Å². The van der Waals surface area contributed by atoms with Gasteiger partial charge in [0.1, 0.15) is 11.6 Å².